The zero-order valence-corrected chi connectivity index (χ0v) is 30.7. The maximum Gasteiger partial charge on any atom is 0.164 e. The van der Waals surface area contributed by atoms with Crippen LogP contribution in [0.4, 0.5) is 0 Å². The first-order valence-corrected chi connectivity index (χ1v) is 18.8. The number of benzene rings is 8. The fourth-order valence-corrected chi connectivity index (χ4v) is 7.59. The third-order valence-corrected chi connectivity index (χ3v) is 10.5. The molecule has 0 radical (unpaired) electrons. The van der Waals surface area contributed by atoms with Crippen LogP contribution in [0.1, 0.15) is 5.56 Å². The molecule has 8 aromatic carbocycles. The third-order valence-electron chi connectivity index (χ3n) is 10.5. The van der Waals surface area contributed by atoms with Gasteiger partial charge >= 0.3 is 0 Å². The molecule has 0 fully saturated rings. The molecule has 0 unspecified atom stereocenters. The quantitative estimate of drug-likeness (QED) is 0.165. The van der Waals surface area contributed by atoms with Crippen LogP contribution in [0.5, 0.6) is 0 Å². The van der Waals surface area contributed by atoms with Crippen LogP contribution in [-0.2, 0) is 0 Å². The number of hydrogen-bond donors (Lipinski definition) is 0. The Balaban J connectivity index is 1.04. The minimum Gasteiger partial charge on any atom is -0.456 e. The third kappa shape index (κ3) is 6.23. The number of rotatable bonds is 7. The van der Waals surface area contributed by atoms with Gasteiger partial charge in [0.15, 0.2) is 17.5 Å². The number of hydrogen-bond acceptors (Lipinski definition) is 4. The van der Waals surface area contributed by atoms with Crippen LogP contribution in [0.2, 0.25) is 0 Å². The maximum absolute atomic E-state index is 6.55. The zero-order chi connectivity index (χ0) is 37.4. The molecule has 0 aliphatic carbocycles. The van der Waals surface area contributed by atoms with Crippen LogP contribution in [0.3, 0.4) is 0 Å². The van der Waals surface area contributed by atoms with E-state index in [4.69, 9.17) is 19.4 Å². The molecule has 0 N–H and O–H groups in total. The van der Waals surface area contributed by atoms with E-state index in [1.165, 1.54) is 33.4 Å². The van der Waals surface area contributed by atoms with Crippen molar-refractivity contribution in [1.82, 2.24) is 15.0 Å². The summed E-state index contributed by atoms with van der Waals surface area (Å²) >= 11 is 0. The Morgan fingerprint density at radius 3 is 1.50 bits per heavy atom. The Morgan fingerprint density at radius 1 is 0.321 bits per heavy atom. The van der Waals surface area contributed by atoms with E-state index in [1.54, 1.807) is 0 Å². The Hall–Kier alpha value is -7.43. The summed E-state index contributed by atoms with van der Waals surface area (Å²) in [4.78, 5) is 15.1. The highest BCUT2D eigenvalue weighted by atomic mass is 16.3. The predicted octanol–water partition coefficient (Wildman–Crippen LogP) is 13.7. The van der Waals surface area contributed by atoms with Gasteiger partial charge in [0.1, 0.15) is 11.2 Å². The standard InChI is InChI=1S/C52H35N3O/c1-34-23-24-41(36-15-7-3-8-16-36)32-46(34)37-25-27-39(28-26-37)51-53-50(38-17-9-4-10-18-38)54-52(55-51)43-29-30-45-48(33-43)56-47-22-12-21-44(49(45)47)42-20-11-19-40(31-42)35-13-5-2-6-14-35/h2-33H,1H3. The lowest BCUT2D eigenvalue weighted by Gasteiger charge is -2.11. The first kappa shape index (κ1) is 33.2. The second-order valence-corrected chi connectivity index (χ2v) is 14.1. The molecule has 56 heavy (non-hydrogen) atoms. The van der Waals surface area contributed by atoms with Crippen LogP contribution >= 0.6 is 0 Å². The van der Waals surface area contributed by atoms with Crippen LogP contribution in [0, 0.1) is 6.92 Å². The molecule has 0 atom stereocenters. The van der Waals surface area contributed by atoms with E-state index in [1.807, 2.05) is 48.5 Å². The van der Waals surface area contributed by atoms with Crippen molar-refractivity contribution in [3.8, 4) is 78.7 Å². The molecule has 0 saturated heterocycles. The van der Waals surface area contributed by atoms with Gasteiger partial charge < -0.3 is 4.42 Å². The lowest BCUT2D eigenvalue weighted by molar-refractivity contribution is 0.669. The Labute approximate surface area is 325 Å². The molecule has 4 nitrogen and oxygen atoms in total. The summed E-state index contributed by atoms with van der Waals surface area (Å²) in [7, 11) is 0. The summed E-state index contributed by atoms with van der Waals surface area (Å²) < 4.78 is 6.55. The minimum absolute atomic E-state index is 0.586. The van der Waals surface area contributed by atoms with Gasteiger partial charge in [-0.1, -0.05) is 164 Å². The van der Waals surface area contributed by atoms with Gasteiger partial charge in [-0.3, -0.25) is 0 Å². The second-order valence-electron chi connectivity index (χ2n) is 14.1. The van der Waals surface area contributed by atoms with Crippen LogP contribution in [0.25, 0.3) is 101 Å². The molecular weight excluding hydrogens is 683 g/mol. The van der Waals surface area contributed by atoms with Crippen molar-refractivity contribution in [1.29, 1.82) is 0 Å². The van der Waals surface area contributed by atoms with Crippen molar-refractivity contribution >= 4 is 21.9 Å². The fraction of sp³-hybridized carbons (Fsp3) is 0.0192. The highest BCUT2D eigenvalue weighted by Crippen LogP contribution is 2.39. The molecular formula is C52H35N3O. The second kappa shape index (κ2) is 14.1. The van der Waals surface area contributed by atoms with E-state index >= 15 is 0 Å². The predicted molar refractivity (Wildman–Crippen MR) is 230 cm³/mol. The maximum atomic E-state index is 6.55. The van der Waals surface area contributed by atoms with Crippen molar-refractivity contribution in [2.24, 2.45) is 0 Å². The van der Waals surface area contributed by atoms with Crippen LogP contribution < -0.4 is 0 Å². The molecule has 0 bridgehead atoms. The number of aromatic nitrogens is 3. The van der Waals surface area contributed by atoms with E-state index in [0.29, 0.717) is 17.5 Å². The number of aryl methyl sites for hydroxylation is 1. The highest BCUT2D eigenvalue weighted by molar-refractivity contribution is 6.13. The summed E-state index contributed by atoms with van der Waals surface area (Å²) in [6, 6.07) is 67.5. The fourth-order valence-electron chi connectivity index (χ4n) is 7.59. The SMILES string of the molecule is Cc1ccc(-c2ccccc2)cc1-c1ccc(-c2nc(-c3ccccc3)nc(-c3ccc4c(c3)oc3cccc(-c5cccc(-c6ccccc6)c5)c34)n2)cc1. The molecule has 2 heterocycles. The molecule has 264 valence electrons. The average Bonchev–Trinajstić information content (AvgIpc) is 3.66. The van der Waals surface area contributed by atoms with E-state index < -0.39 is 0 Å². The highest BCUT2D eigenvalue weighted by Gasteiger charge is 2.17. The van der Waals surface area contributed by atoms with Gasteiger partial charge in [-0.05, 0) is 87.3 Å². The molecule has 0 aliphatic heterocycles. The number of fused-ring (bicyclic) bond motifs is 3. The molecule has 10 aromatic rings. The van der Waals surface area contributed by atoms with Crippen molar-refractivity contribution in [2.45, 2.75) is 6.92 Å². The molecule has 2 aromatic heterocycles. The Kier molecular flexibility index (Phi) is 8.34. The summed E-state index contributed by atoms with van der Waals surface area (Å²) in [5.74, 6) is 1.81. The molecule has 0 saturated carbocycles. The smallest absolute Gasteiger partial charge is 0.164 e. The topological polar surface area (TPSA) is 51.8 Å². The normalized spacial score (nSPS) is 11.3. The van der Waals surface area contributed by atoms with Crippen molar-refractivity contribution in [2.75, 3.05) is 0 Å². The summed E-state index contributed by atoms with van der Waals surface area (Å²) in [5.41, 5.74) is 14.9. The van der Waals surface area contributed by atoms with Crippen LogP contribution in [0.15, 0.2) is 199 Å². The lowest BCUT2D eigenvalue weighted by atomic mass is 9.94. The van der Waals surface area contributed by atoms with Gasteiger partial charge in [0.2, 0.25) is 0 Å². The molecule has 10 rings (SSSR count). The van der Waals surface area contributed by atoms with E-state index in [9.17, 15) is 0 Å². The van der Waals surface area contributed by atoms with Gasteiger partial charge in [0.05, 0.1) is 0 Å². The van der Waals surface area contributed by atoms with E-state index in [2.05, 4.69) is 153 Å². The molecule has 0 amide bonds. The molecule has 0 aliphatic rings. The monoisotopic (exact) mass is 717 g/mol. The van der Waals surface area contributed by atoms with Crippen molar-refractivity contribution < 1.29 is 4.42 Å². The molecule has 0 spiro atoms. The summed E-state index contributed by atoms with van der Waals surface area (Å²) in [6.07, 6.45) is 0. The van der Waals surface area contributed by atoms with Gasteiger partial charge in [-0.25, -0.2) is 15.0 Å². The number of furan rings is 1. The van der Waals surface area contributed by atoms with Gasteiger partial charge in [-0.15, -0.1) is 0 Å². The molecule has 4 heteroatoms. The minimum atomic E-state index is 0.586. The van der Waals surface area contributed by atoms with Crippen molar-refractivity contribution in [3.63, 3.8) is 0 Å². The van der Waals surface area contributed by atoms with Gasteiger partial charge in [0.25, 0.3) is 0 Å². The average molecular weight is 718 g/mol. The van der Waals surface area contributed by atoms with Gasteiger partial charge in [0, 0.05) is 27.5 Å². The Bertz CT molecular complexity index is 3010. The first-order chi connectivity index (χ1) is 27.6. The largest absolute Gasteiger partial charge is 0.456 e. The summed E-state index contributed by atoms with van der Waals surface area (Å²) in [5, 5.41) is 2.13. The number of nitrogens with zero attached hydrogens (tertiary/aromatic N) is 3. The first-order valence-electron chi connectivity index (χ1n) is 18.8. The summed E-state index contributed by atoms with van der Waals surface area (Å²) in [6.45, 7) is 2.16. The lowest BCUT2D eigenvalue weighted by Crippen LogP contribution is -2.00. The Morgan fingerprint density at radius 2 is 0.821 bits per heavy atom. The van der Waals surface area contributed by atoms with Gasteiger partial charge in [-0.2, -0.15) is 0 Å². The zero-order valence-electron chi connectivity index (χ0n) is 30.7. The van der Waals surface area contributed by atoms with Crippen LogP contribution in [-0.4, -0.2) is 15.0 Å². The van der Waals surface area contributed by atoms with Crippen molar-refractivity contribution in [3.05, 3.63) is 200 Å². The van der Waals surface area contributed by atoms with E-state index in [0.717, 1.165) is 55.3 Å². The van der Waals surface area contributed by atoms with E-state index in [-0.39, 0.29) is 0 Å².